The van der Waals surface area contributed by atoms with Gasteiger partial charge in [0.2, 0.25) is 0 Å². The topological polar surface area (TPSA) is 58.9 Å². The Hall–Kier alpha value is -0.940. The largest absolute Gasteiger partial charge is 0.388 e. The summed E-state index contributed by atoms with van der Waals surface area (Å²) in [6, 6.07) is 6.23. The molecule has 98 valence electrons. The minimum absolute atomic E-state index is 0.174. The van der Waals surface area contributed by atoms with Gasteiger partial charge in [-0.05, 0) is 24.5 Å². The minimum Gasteiger partial charge on any atom is -0.388 e. The van der Waals surface area contributed by atoms with Crippen molar-refractivity contribution in [3.63, 3.8) is 0 Å². The van der Waals surface area contributed by atoms with Crippen molar-refractivity contribution in [2.45, 2.75) is 37.8 Å². The average Bonchev–Trinajstić information content (AvgIpc) is 2.69. The normalized spacial score (nSPS) is 35.5. The maximum absolute atomic E-state index is 9.93. The number of aliphatic hydroxyl groups is 2. The summed E-state index contributed by atoms with van der Waals surface area (Å²) in [5.41, 5.74) is 3.55. The van der Waals surface area contributed by atoms with Gasteiger partial charge in [-0.1, -0.05) is 23.8 Å². The maximum atomic E-state index is 9.93. The lowest BCUT2D eigenvalue weighted by Gasteiger charge is -2.31. The van der Waals surface area contributed by atoms with Crippen LogP contribution in [0.15, 0.2) is 18.2 Å². The zero-order valence-electron chi connectivity index (χ0n) is 10.4. The Morgan fingerprint density at radius 3 is 2.78 bits per heavy atom. The summed E-state index contributed by atoms with van der Waals surface area (Å²) >= 11 is 0. The predicted octanol–water partition coefficient (Wildman–Crippen LogP) is 0.729. The van der Waals surface area contributed by atoms with Gasteiger partial charge in [0.1, 0.15) is 24.4 Å². The molecule has 2 heterocycles. The molecule has 1 fully saturated rings. The highest BCUT2D eigenvalue weighted by atomic mass is 16.6. The fourth-order valence-electron chi connectivity index (χ4n) is 2.78. The van der Waals surface area contributed by atoms with E-state index in [0.717, 1.165) is 12.0 Å². The lowest BCUT2D eigenvalue weighted by atomic mass is 9.91. The number of hydrogen-bond donors (Lipinski definition) is 2. The number of aryl methyl sites for hydroxylation is 1. The summed E-state index contributed by atoms with van der Waals surface area (Å²) in [5.74, 6) is 0. The molecule has 0 aromatic heterocycles. The Balaban J connectivity index is 1.92. The minimum atomic E-state index is -0.873. The average molecular weight is 250 g/mol. The zero-order chi connectivity index (χ0) is 12.7. The summed E-state index contributed by atoms with van der Waals surface area (Å²) in [7, 11) is 0. The van der Waals surface area contributed by atoms with Crippen LogP contribution in [0.4, 0.5) is 0 Å². The van der Waals surface area contributed by atoms with Crippen LogP contribution in [0, 0.1) is 6.92 Å². The Kier molecular flexibility index (Phi) is 3.11. The lowest BCUT2D eigenvalue weighted by Crippen LogP contribution is -2.37. The third kappa shape index (κ3) is 1.95. The van der Waals surface area contributed by atoms with E-state index < -0.39 is 18.3 Å². The van der Waals surface area contributed by atoms with E-state index in [1.165, 1.54) is 11.1 Å². The van der Waals surface area contributed by atoms with Crippen molar-refractivity contribution in [2.24, 2.45) is 0 Å². The number of ether oxygens (including phenoxy) is 2. The molecule has 18 heavy (non-hydrogen) atoms. The first-order valence-corrected chi connectivity index (χ1v) is 6.35. The fraction of sp³-hybridized carbons (Fsp3) is 0.571. The van der Waals surface area contributed by atoms with Crippen molar-refractivity contribution in [3.8, 4) is 0 Å². The quantitative estimate of drug-likeness (QED) is 0.771. The highest BCUT2D eigenvalue weighted by molar-refractivity contribution is 5.35. The first kappa shape index (κ1) is 12.1. The summed E-state index contributed by atoms with van der Waals surface area (Å²) in [6.07, 6.45) is -1.54. The molecule has 2 N–H and O–H groups in total. The Labute approximate surface area is 106 Å². The van der Waals surface area contributed by atoms with E-state index in [1.54, 1.807) is 0 Å². The summed E-state index contributed by atoms with van der Waals surface area (Å²) in [5, 5.41) is 19.5. The molecule has 4 unspecified atom stereocenters. The van der Waals surface area contributed by atoms with Gasteiger partial charge < -0.3 is 19.7 Å². The first-order valence-electron chi connectivity index (χ1n) is 6.35. The highest BCUT2D eigenvalue weighted by Crippen LogP contribution is 2.35. The van der Waals surface area contributed by atoms with E-state index in [9.17, 15) is 10.2 Å². The number of hydrogen-bond acceptors (Lipinski definition) is 4. The molecule has 0 bridgehead atoms. The van der Waals surface area contributed by atoms with Crippen LogP contribution in [0.25, 0.3) is 0 Å². The van der Waals surface area contributed by atoms with E-state index in [4.69, 9.17) is 9.47 Å². The Morgan fingerprint density at radius 2 is 2.06 bits per heavy atom. The molecule has 0 amide bonds. The van der Waals surface area contributed by atoms with Gasteiger partial charge in [0, 0.05) is 0 Å². The molecule has 2 aliphatic rings. The highest BCUT2D eigenvalue weighted by Gasteiger charge is 2.42. The number of benzene rings is 1. The number of rotatable bonds is 1. The third-order valence-electron chi connectivity index (χ3n) is 3.76. The van der Waals surface area contributed by atoms with E-state index in [2.05, 4.69) is 13.0 Å². The molecule has 4 heteroatoms. The van der Waals surface area contributed by atoms with Gasteiger partial charge in [0.15, 0.2) is 0 Å². The fourth-order valence-corrected chi connectivity index (χ4v) is 2.78. The molecule has 0 aliphatic carbocycles. The molecule has 2 aliphatic heterocycles. The van der Waals surface area contributed by atoms with Crippen molar-refractivity contribution in [1.29, 1.82) is 0 Å². The SMILES string of the molecule is Cc1ccc2c(c1)CCOC2C1OCC(O)C1O. The molecule has 4 nitrogen and oxygen atoms in total. The standard InChI is InChI=1S/C14H18O4/c1-8-2-3-10-9(6-8)4-5-17-13(10)14-12(16)11(15)7-18-14/h2-3,6,11-16H,4-5,7H2,1H3. The first-order chi connectivity index (χ1) is 8.66. The predicted molar refractivity (Wildman–Crippen MR) is 65.3 cm³/mol. The molecule has 1 aromatic rings. The van der Waals surface area contributed by atoms with E-state index in [1.807, 2.05) is 12.1 Å². The monoisotopic (exact) mass is 250 g/mol. The van der Waals surface area contributed by atoms with Crippen LogP contribution >= 0.6 is 0 Å². The van der Waals surface area contributed by atoms with E-state index in [-0.39, 0.29) is 12.7 Å². The van der Waals surface area contributed by atoms with Gasteiger partial charge in [-0.2, -0.15) is 0 Å². The second-order valence-electron chi connectivity index (χ2n) is 5.10. The second-order valence-corrected chi connectivity index (χ2v) is 5.10. The molecule has 4 atom stereocenters. The number of fused-ring (bicyclic) bond motifs is 1. The third-order valence-corrected chi connectivity index (χ3v) is 3.76. The van der Waals surface area contributed by atoms with Crippen LogP contribution < -0.4 is 0 Å². The van der Waals surface area contributed by atoms with Gasteiger partial charge in [0.05, 0.1) is 13.2 Å². The molecule has 1 saturated heterocycles. The summed E-state index contributed by atoms with van der Waals surface area (Å²) in [4.78, 5) is 0. The van der Waals surface area contributed by atoms with Crippen molar-refractivity contribution >= 4 is 0 Å². The van der Waals surface area contributed by atoms with Gasteiger partial charge in [-0.3, -0.25) is 0 Å². The molecular formula is C14H18O4. The Morgan fingerprint density at radius 1 is 1.22 bits per heavy atom. The Bertz CT molecular complexity index is 445. The van der Waals surface area contributed by atoms with Crippen molar-refractivity contribution < 1.29 is 19.7 Å². The van der Waals surface area contributed by atoms with Crippen LogP contribution in [0.2, 0.25) is 0 Å². The maximum Gasteiger partial charge on any atom is 0.116 e. The number of aliphatic hydroxyl groups excluding tert-OH is 2. The van der Waals surface area contributed by atoms with Gasteiger partial charge >= 0.3 is 0 Å². The van der Waals surface area contributed by atoms with Crippen LogP contribution in [0.5, 0.6) is 0 Å². The lowest BCUT2D eigenvalue weighted by molar-refractivity contribution is -0.0902. The smallest absolute Gasteiger partial charge is 0.116 e. The van der Waals surface area contributed by atoms with Gasteiger partial charge in [-0.25, -0.2) is 0 Å². The second kappa shape index (κ2) is 4.63. The van der Waals surface area contributed by atoms with Gasteiger partial charge in [-0.15, -0.1) is 0 Å². The van der Waals surface area contributed by atoms with Gasteiger partial charge in [0.25, 0.3) is 0 Å². The molecule has 1 aromatic carbocycles. The summed E-state index contributed by atoms with van der Waals surface area (Å²) < 4.78 is 11.2. The van der Waals surface area contributed by atoms with Crippen LogP contribution in [0.3, 0.4) is 0 Å². The van der Waals surface area contributed by atoms with Crippen molar-refractivity contribution in [2.75, 3.05) is 13.2 Å². The summed E-state index contributed by atoms with van der Waals surface area (Å²) in [6.45, 7) is 2.87. The van der Waals surface area contributed by atoms with Crippen molar-refractivity contribution in [1.82, 2.24) is 0 Å². The molecule has 3 rings (SSSR count). The van der Waals surface area contributed by atoms with Crippen molar-refractivity contribution in [3.05, 3.63) is 34.9 Å². The molecular weight excluding hydrogens is 232 g/mol. The zero-order valence-corrected chi connectivity index (χ0v) is 10.4. The van der Waals surface area contributed by atoms with Crippen LogP contribution in [0.1, 0.15) is 22.8 Å². The van der Waals surface area contributed by atoms with Crippen LogP contribution in [-0.2, 0) is 15.9 Å². The molecule has 0 radical (unpaired) electrons. The molecule has 0 spiro atoms. The van der Waals surface area contributed by atoms with E-state index in [0.29, 0.717) is 6.61 Å². The molecule has 0 saturated carbocycles. The van der Waals surface area contributed by atoms with E-state index >= 15 is 0 Å². The van der Waals surface area contributed by atoms with Crippen LogP contribution in [-0.4, -0.2) is 41.7 Å².